The Hall–Kier alpha value is -1.46. The topological polar surface area (TPSA) is 40.5 Å². The first-order valence-corrected chi connectivity index (χ1v) is 3.67. The van der Waals surface area contributed by atoms with Gasteiger partial charge in [-0.1, -0.05) is 24.0 Å². The Morgan fingerprint density at radius 1 is 1.08 bits per heavy atom. The maximum Gasteiger partial charge on any atom is 0.115 e. The molecular weight excluding hydrogens is 152 g/mol. The summed E-state index contributed by atoms with van der Waals surface area (Å²) in [5.41, 5.74) is 1.04. The maximum atomic E-state index is 8.95. The van der Waals surface area contributed by atoms with Crippen LogP contribution in [-0.2, 0) is 6.42 Å². The van der Waals surface area contributed by atoms with Crippen molar-refractivity contribution < 1.29 is 10.2 Å². The number of phenols is 1. The molecule has 2 heteroatoms. The van der Waals surface area contributed by atoms with Gasteiger partial charge in [-0.3, -0.25) is 0 Å². The highest BCUT2D eigenvalue weighted by Crippen LogP contribution is 2.09. The number of aliphatic hydroxyl groups excluding tert-OH is 1. The summed E-state index contributed by atoms with van der Waals surface area (Å²) in [5.74, 6) is 5.60. The molecule has 0 radical (unpaired) electrons. The third kappa shape index (κ3) is 2.65. The van der Waals surface area contributed by atoms with E-state index in [9.17, 15) is 0 Å². The lowest BCUT2D eigenvalue weighted by atomic mass is 10.1. The van der Waals surface area contributed by atoms with Crippen LogP contribution in [0.15, 0.2) is 24.3 Å². The van der Waals surface area contributed by atoms with E-state index in [1.54, 1.807) is 24.3 Å². The lowest BCUT2D eigenvalue weighted by Crippen LogP contribution is -1.80. The third-order valence-electron chi connectivity index (χ3n) is 1.43. The van der Waals surface area contributed by atoms with Gasteiger partial charge in [0.05, 0.1) is 0 Å². The number of aliphatic hydroxyl groups is 1. The highest BCUT2D eigenvalue weighted by atomic mass is 16.3. The summed E-state index contributed by atoms with van der Waals surface area (Å²) in [6.07, 6.45) is 0.612. The van der Waals surface area contributed by atoms with E-state index in [4.69, 9.17) is 10.2 Å². The molecule has 0 aliphatic rings. The maximum absolute atomic E-state index is 8.95. The summed E-state index contributed by atoms with van der Waals surface area (Å²) in [4.78, 5) is 0. The van der Waals surface area contributed by atoms with E-state index in [0.29, 0.717) is 6.42 Å². The fourth-order valence-electron chi connectivity index (χ4n) is 0.834. The number of benzene rings is 1. The molecule has 0 unspecified atom stereocenters. The van der Waals surface area contributed by atoms with Crippen LogP contribution in [0, 0.1) is 11.8 Å². The van der Waals surface area contributed by atoms with Crippen molar-refractivity contribution in [2.24, 2.45) is 0 Å². The predicted octanol–water partition coefficient (Wildman–Crippen LogP) is 0.930. The first kappa shape index (κ1) is 8.63. The van der Waals surface area contributed by atoms with Gasteiger partial charge in [0.15, 0.2) is 0 Å². The molecule has 0 fully saturated rings. The average Bonchev–Trinajstić information content (AvgIpc) is 2.09. The Kier molecular flexibility index (Phi) is 3.18. The molecule has 0 aromatic heterocycles. The van der Waals surface area contributed by atoms with E-state index < -0.39 is 0 Å². The third-order valence-corrected chi connectivity index (χ3v) is 1.43. The Morgan fingerprint density at radius 2 is 1.75 bits per heavy atom. The van der Waals surface area contributed by atoms with Crippen LogP contribution in [0.5, 0.6) is 5.75 Å². The van der Waals surface area contributed by atoms with Crippen molar-refractivity contribution in [2.45, 2.75) is 6.42 Å². The summed E-state index contributed by atoms with van der Waals surface area (Å²) in [6, 6.07) is 6.86. The van der Waals surface area contributed by atoms with E-state index in [1.165, 1.54) is 0 Å². The number of hydrogen-bond acceptors (Lipinski definition) is 2. The molecule has 1 rings (SSSR count). The minimum atomic E-state index is -0.0991. The van der Waals surface area contributed by atoms with Crippen molar-refractivity contribution >= 4 is 0 Å². The van der Waals surface area contributed by atoms with Crippen LogP contribution in [0.25, 0.3) is 0 Å². The molecule has 12 heavy (non-hydrogen) atoms. The quantitative estimate of drug-likeness (QED) is 0.603. The van der Waals surface area contributed by atoms with Crippen molar-refractivity contribution in [1.29, 1.82) is 0 Å². The molecule has 0 bridgehead atoms. The fraction of sp³-hybridized carbons (Fsp3) is 0.200. The molecule has 1 aromatic carbocycles. The molecular formula is C10H10O2. The lowest BCUT2D eigenvalue weighted by Gasteiger charge is -1.93. The monoisotopic (exact) mass is 162 g/mol. The molecule has 0 saturated heterocycles. The highest BCUT2D eigenvalue weighted by Gasteiger charge is 1.88. The lowest BCUT2D eigenvalue weighted by molar-refractivity contribution is 0.350. The summed E-state index contributed by atoms with van der Waals surface area (Å²) in [6.45, 7) is -0.0991. The highest BCUT2D eigenvalue weighted by molar-refractivity contribution is 5.28. The molecule has 2 N–H and O–H groups in total. The van der Waals surface area contributed by atoms with E-state index >= 15 is 0 Å². The molecule has 0 atom stereocenters. The van der Waals surface area contributed by atoms with Gasteiger partial charge >= 0.3 is 0 Å². The Bertz CT molecular complexity index is 290. The fourth-order valence-corrected chi connectivity index (χ4v) is 0.834. The first-order chi connectivity index (χ1) is 5.83. The van der Waals surface area contributed by atoms with Crippen LogP contribution in [0.1, 0.15) is 5.56 Å². The number of aromatic hydroxyl groups is 1. The van der Waals surface area contributed by atoms with Gasteiger partial charge in [0.25, 0.3) is 0 Å². The van der Waals surface area contributed by atoms with E-state index in [-0.39, 0.29) is 12.4 Å². The van der Waals surface area contributed by atoms with Crippen LogP contribution in [-0.4, -0.2) is 16.8 Å². The number of phenolic OH excluding ortho intramolecular Hbond substituents is 1. The van der Waals surface area contributed by atoms with Gasteiger partial charge in [0.2, 0.25) is 0 Å². The molecule has 1 aromatic rings. The zero-order valence-corrected chi connectivity index (χ0v) is 6.62. The number of hydrogen-bond donors (Lipinski definition) is 2. The molecule has 0 heterocycles. The van der Waals surface area contributed by atoms with Crippen LogP contribution >= 0.6 is 0 Å². The Balaban J connectivity index is 2.59. The largest absolute Gasteiger partial charge is 0.508 e. The van der Waals surface area contributed by atoms with Crippen molar-refractivity contribution in [2.75, 3.05) is 6.61 Å². The summed E-state index contributed by atoms with van der Waals surface area (Å²) in [7, 11) is 0. The van der Waals surface area contributed by atoms with Gasteiger partial charge in [0, 0.05) is 6.42 Å². The minimum absolute atomic E-state index is 0.0991. The van der Waals surface area contributed by atoms with Crippen LogP contribution in [0.3, 0.4) is 0 Å². The Morgan fingerprint density at radius 3 is 2.33 bits per heavy atom. The second kappa shape index (κ2) is 4.42. The van der Waals surface area contributed by atoms with E-state index in [2.05, 4.69) is 11.8 Å². The van der Waals surface area contributed by atoms with Gasteiger partial charge in [-0.05, 0) is 17.7 Å². The van der Waals surface area contributed by atoms with Crippen LogP contribution < -0.4 is 0 Å². The zero-order chi connectivity index (χ0) is 8.81. The van der Waals surface area contributed by atoms with Crippen molar-refractivity contribution in [3.8, 4) is 17.6 Å². The molecule has 2 nitrogen and oxygen atoms in total. The molecule has 0 aliphatic heterocycles. The van der Waals surface area contributed by atoms with E-state index in [0.717, 1.165) is 5.56 Å². The molecule has 0 amide bonds. The second-order valence-corrected chi connectivity index (χ2v) is 2.35. The number of rotatable bonds is 1. The van der Waals surface area contributed by atoms with Crippen molar-refractivity contribution in [1.82, 2.24) is 0 Å². The molecule has 0 saturated carbocycles. The summed E-state index contributed by atoms with van der Waals surface area (Å²) < 4.78 is 0. The van der Waals surface area contributed by atoms with Gasteiger partial charge in [-0.15, -0.1) is 0 Å². The first-order valence-electron chi connectivity index (χ1n) is 3.67. The second-order valence-electron chi connectivity index (χ2n) is 2.35. The molecule has 0 aliphatic carbocycles. The molecule has 0 spiro atoms. The standard InChI is InChI=1S/C10H10O2/c11-8-2-1-3-9-4-6-10(12)7-5-9/h4-7,11-12H,3,8H2. The van der Waals surface area contributed by atoms with Gasteiger partial charge in [-0.25, -0.2) is 0 Å². The summed E-state index contributed by atoms with van der Waals surface area (Å²) >= 11 is 0. The van der Waals surface area contributed by atoms with Crippen molar-refractivity contribution in [3.05, 3.63) is 29.8 Å². The van der Waals surface area contributed by atoms with Crippen LogP contribution in [0.4, 0.5) is 0 Å². The molecule has 62 valence electrons. The van der Waals surface area contributed by atoms with E-state index in [1.807, 2.05) is 0 Å². The van der Waals surface area contributed by atoms with Crippen molar-refractivity contribution in [3.63, 3.8) is 0 Å². The van der Waals surface area contributed by atoms with Crippen LogP contribution in [0.2, 0.25) is 0 Å². The van der Waals surface area contributed by atoms with Gasteiger partial charge in [-0.2, -0.15) is 0 Å². The SMILES string of the molecule is OCC#CCc1ccc(O)cc1. The normalized spacial score (nSPS) is 8.75. The average molecular weight is 162 g/mol. The minimum Gasteiger partial charge on any atom is -0.508 e. The smallest absolute Gasteiger partial charge is 0.115 e. The predicted molar refractivity (Wildman–Crippen MR) is 46.7 cm³/mol. The van der Waals surface area contributed by atoms with Gasteiger partial charge in [0.1, 0.15) is 12.4 Å². The summed E-state index contributed by atoms with van der Waals surface area (Å²) in [5, 5.41) is 17.3. The van der Waals surface area contributed by atoms with Gasteiger partial charge < -0.3 is 10.2 Å². The zero-order valence-electron chi connectivity index (χ0n) is 6.62. The Labute approximate surface area is 71.5 Å².